The molecule has 2 heterocycles. The summed E-state index contributed by atoms with van der Waals surface area (Å²) in [6, 6.07) is -0.191. The number of carbonyl (C=O) groups is 2. The number of aliphatic hydroxyl groups is 1. The molecule has 1 aromatic heterocycles. The van der Waals surface area contributed by atoms with Gasteiger partial charge in [0.05, 0.1) is 24.9 Å². The summed E-state index contributed by atoms with van der Waals surface area (Å²) in [4.78, 5) is 25.0. The smallest absolute Gasteiger partial charge is 0.410 e. The lowest BCUT2D eigenvalue weighted by Gasteiger charge is -2.37. The van der Waals surface area contributed by atoms with Crippen LogP contribution in [-0.4, -0.2) is 57.6 Å². The van der Waals surface area contributed by atoms with Crippen molar-refractivity contribution in [2.75, 3.05) is 19.7 Å². The van der Waals surface area contributed by atoms with Crippen LogP contribution >= 0.6 is 0 Å². The Hall–Kier alpha value is -2.09. The molecule has 2 amide bonds. The van der Waals surface area contributed by atoms with Crippen LogP contribution in [0.4, 0.5) is 4.79 Å². The number of carbonyl (C=O) groups excluding carboxylic acids is 2. The molecule has 0 aromatic carbocycles. The number of aryl methyl sites for hydroxylation is 1. The van der Waals surface area contributed by atoms with Crippen molar-refractivity contribution in [1.82, 2.24) is 20.0 Å². The summed E-state index contributed by atoms with van der Waals surface area (Å²) in [7, 11) is 1.82. The molecule has 1 aliphatic carbocycles. The third-order valence-electron chi connectivity index (χ3n) is 4.20. The molecule has 1 aliphatic heterocycles. The van der Waals surface area contributed by atoms with Crippen molar-refractivity contribution in [3.05, 3.63) is 18.0 Å². The Kier molecular flexibility index (Phi) is 4.02. The summed E-state index contributed by atoms with van der Waals surface area (Å²) < 4.78 is 6.50. The van der Waals surface area contributed by atoms with Gasteiger partial charge >= 0.3 is 6.09 Å². The second-order valence-corrected chi connectivity index (χ2v) is 5.91. The van der Waals surface area contributed by atoms with Gasteiger partial charge in [0.1, 0.15) is 13.2 Å². The second kappa shape index (κ2) is 5.96. The standard InChI is InChI=1S/C14H20N4O4/c1-17-7-10(6-15-17)13(9-4-11(19)5-9)16-12(20)8-18-2-3-22-14(18)21/h6-7,9,11,13,19H,2-5,8H2,1H3,(H,16,20). The van der Waals surface area contributed by atoms with Gasteiger partial charge in [0.15, 0.2) is 0 Å². The van der Waals surface area contributed by atoms with E-state index in [0.29, 0.717) is 26.0 Å². The first-order valence-electron chi connectivity index (χ1n) is 7.40. The molecule has 2 N–H and O–H groups in total. The van der Waals surface area contributed by atoms with Crippen LogP contribution in [0.1, 0.15) is 24.4 Å². The fourth-order valence-corrected chi connectivity index (χ4v) is 2.94. The van der Waals surface area contributed by atoms with Crippen LogP contribution in [-0.2, 0) is 16.6 Å². The van der Waals surface area contributed by atoms with Crippen LogP contribution in [0, 0.1) is 5.92 Å². The molecule has 120 valence electrons. The van der Waals surface area contributed by atoms with Gasteiger partial charge in [0.2, 0.25) is 5.91 Å². The Balaban J connectivity index is 1.64. The number of nitrogens with zero attached hydrogens (tertiary/aromatic N) is 3. The SMILES string of the molecule is Cn1cc(C(NC(=O)CN2CCOC2=O)C2CC(O)C2)cn1. The highest BCUT2D eigenvalue weighted by molar-refractivity contribution is 5.83. The molecule has 3 rings (SSSR count). The van der Waals surface area contributed by atoms with Crippen molar-refractivity contribution in [2.24, 2.45) is 13.0 Å². The van der Waals surface area contributed by atoms with Crippen molar-refractivity contribution in [3.63, 3.8) is 0 Å². The topological polar surface area (TPSA) is 96.7 Å². The number of aliphatic hydroxyl groups excluding tert-OH is 1. The van der Waals surface area contributed by atoms with Gasteiger partial charge in [-0.2, -0.15) is 5.10 Å². The van der Waals surface area contributed by atoms with Gasteiger partial charge in [0, 0.05) is 18.8 Å². The maximum Gasteiger partial charge on any atom is 0.410 e. The number of rotatable bonds is 5. The Bertz CT molecular complexity index is 567. The molecule has 1 saturated heterocycles. The molecule has 22 heavy (non-hydrogen) atoms. The number of ether oxygens (including phenoxy) is 1. The Morgan fingerprint density at radius 3 is 2.91 bits per heavy atom. The molecular formula is C14H20N4O4. The van der Waals surface area contributed by atoms with E-state index in [4.69, 9.17) is 4.74 Å². The van der Waals surface area contributed by atoms with Gasteiger partial charge in [0.25, 0.3) is 0 Å². The van der Waals surface area contributed by atoms with E-state index >= 15 is 0 Å². The fourth-order valence-electron chi connectivity index (χ4n) is 2.94. The third-order valence-corrected chi connectivity index (χ3v) is 4.20. The van der Waals surface area contributed by atoms with E-state index in [0.717, 1.165) is 5.56 Å². The van der Waals surface area contributed by atoms with E-state index in [1.165, 1.54) is 4.90 Å². The molecule has 8 nitrogen and oxygen atoms in total. The number of hydrogen-bond donors (Lipinski definition) is 2. The zero-order valence-electron chi connectivity index (χ0n) is 12.4. The first-order chi connectivity index (χ1) is 10.5. The van der Waals surface area contributed by atoms with E-state index in [-0.39, 0.29) is 30.5 Å². The molecule has 8 heteroatoms. The number of cyclic esters (lactones) is 1. The van der Waals surface area contributed by atoms with E-state index in [9.17, 15) is 14.7 Å². The molecule has 1 atom stereocenters. The molecule has 1 saturated carbocycles. The molecule has 0 spiro atoms. The summed E-state index contributed by atoms with van der Waals surface area (Å²) >= 11 is 0. The number of aromatic nitrogens is 2. The lowest BCUT2D eigenvalue weighted by Crippen LogP contribution is -2.44. The minimum absolute atomic E-state index is 0.00906. The average Bonchev–Trinajstić information content (AvgIpc) is 3.02. The largest absolute Gasteiger partial charge is 0.448 e. The highest BCUT2D eigenvalue weighted by Gasteiger charge is 2.36. The number of hydrogen-bond acceptors (Lipinski definition) is 5. The van der Waals surface area contributed by atoms with Gasteiger partial charge in [-0.25, -0.2) is 4.79 Å². The number of nitrogens with one attached hydrogen (secondary N) is 1. The van der Waals surface area contributed by atoms with Crippen LogP contribution in [0.5, 0.6) is 0 Å². The normalized spacial score (nSPS) is 25.5. The van der Waals surface area contributed by atoms with Gasteiger partial charge in [-0.3, -0.25) is 14.4 Å². The summed E-state index contributed by atoms with van der Waals surface area (Å²) in [6.07, 6.45) is 4.15. The maximum absolute atomic E-state index is 12.2. The first kappa shape index (κ1) is 14.8. The van der Waals surface area contributed by atoms with Gasteiger partial charge in [-0.1, -0.05) is 0 Å². The van der Waals surface area contributed by atoms with Crippen molar-refractivity contribution in [1.29, 1.82) is 0 Å². The van der Waals surface area contributed by atoms with Crippen LogP contribution < -0.4 is 5.32 Å². The maximum atomic E-state index is 12.2. The van der Waals surface area contributed by atoms with Crippen molar-refractivity contribution >= 4 is 12.0 Å². The van der Waals surface area contributed by atoms with Gasteiger partial charge in [-0.15, -0.1) is 0 Å². The monoisotopic (exact) mass is 308 g/mol. The Morgan fingerprint density at radius 1 is 1.59 bits per heavy atom. The highest BCUT2D eigenvalue weighted by atomic mass is 16.6. The summed E-state index contributed by atoms with van der Waals surface area (Å²) in [5.41, 5.74) is 0.914. The van der Waals surface area contributed by atoms with Crippen LogP contribution in [0.3, 0.4) is 0 Å². The lowest BCUT2D eigenvalue weighted by atomic mass is 9.75. The first-order valence-corrected chi connectivity index (χ1v) is 7.40. The van der Waals surface area contributed by atoms with E-state index in [1.54, 1.807) is 10.9 Å². The molecule has 2 aliphatic rings. The molecule has 0 bridgehead atoms. The Morgan fingerprint density at radius 2 is 2.36 bits per heavy atom. The lowest BCUT2D eigenvalue weighted by molar-refractivity contribution is -0.123. The van der Waals surface area contributed by atoms with Crippen molar-refractivity contribution < 1.29 is 19.4 Å². The average molecular weight is 308 g/mol. The van der Waals surface area contributed by atoms with Crippen molar-refractivity contribution in [3.8, 4) is 0 Å². The van der Waals surface area contributed by atoms with Crippen LogP contribution in [0.25, 0.3) is 0 Å². The summed E-state index contributed by atoms with van der Waals surface area (Å²) in [5, 5.41) is 16.6. The highest BCUT2D eigenvalue weighted by Crippen LogP contribution is 2.37. The molecule has 0 radical (unpaired) electrons. The van der Waals surface area contributed by atoms with Crippen LogP contribution in [0.2, 0.25) is 0 Å². The van der Waals surface area contributed by atoms with E-state index in [2.05, 4.69) is 10.4 Å². The predicted octanol–water partition coefficient (Wildman–Crippen LogP) is -0.200. The molecular weight excluding hydrogens is 288 g/mol. The summed E-state index contributed by atoms with van der Waals surface area (Å²) in [5.74, 6) is -0.0391. The Labute approximate surface area is 128 Å². The van der Waals surface area contributed by atoms with Crippen LogP contribution in [0.15, 0.2) is 12.4 Å². The quantitative estimate of drug-likeness (QED) is 0.785. The minimum Gasteiger partial charge on any atom is -0.448 e. The zero-order chi connectivity index (χ0) is 15.7. The number of amides is 2. The van der Waals surface area contributed by atoms with Crippen molar-refractivity contribution in [2.45, 2.75) is 25.0 Å². The predicted molar refractivity (Wildman–Crippen MR) is 75.7 cm³/mol. The summed E-state index contributed by atoms with van der Waals surface area (Å²) in [6.45, 7) is 0.754. The molecule has 1 unspecified atom stereocenters. The van der Waals surface area contributed by atoms with E-state index in [1.807, 2.05) is 13.2 Å². The van der Waals surface area contributed by atoms with E-state index < -0.39 is 6.09 Å². The fraction of sp³-hybridized carbons (Fsp3) is 0.643. The molecule has 1 aromatic rings. The zero-order valence-corrected chi connectivity index (χ0v) is 12.4. The van der Waals surface area contributed by atoms with Gasteiger partial charge in [-0.05, 0) is 18.8 Å². The minimum atomic E-state index is -0.452. The van der Waals surface area contributed by atoms with Gasteiger partial charge < -0.3 is 15.2 Å². The third kappa shape index (κ3) is 3.06. The molecule has 2 fully saturated rings. The second-order valence-electron chi connectivity index (χ2n) is 5.91.